The third-order valence-corrected chi connectivity index (χ3v) is 6.84. The van der Waals surface area contributed by atoms with E-state index in [9.17, 15) is 9.59 Å². The second kappa shape index (κ2) is 9.00. The van der Waals surface area contributed by atoms with Crippen LogP contribution in [0.1, 0.15) is 28.5 Å². The van der Waals surface area contributed by atoms with Crippen molar-refractivity contribution >= 4 is 45.8 Å². The van der Waals surface area contributed by atoms with Gasteiger partial charge >= 0.3 is 0 Å². The fourth-order valence-electron chi connectivity index (χ4n) is 4.99. The Morgan fingerprint density at radius 1 is 1.13 bits per heavy atom. The highest BCUT2D eigenvalue weighted by atomic mass is 16.3. The van der Waals surface area contributed by atoms with Gasteiger partial charge in [0.05, 0.1) is 46.3 Å². The van der Waals surface area contributed by atoms with Gasteiger partial charge in [-0.15, -0.1) is 0 Å². The maximum atomic E-state index is 13.0. The number of carbonyl (C=O) groups is 2. The average molecular weight is 510 g/mol. The number of nitrogens with one attached hydrogen (secondary N) is 2. The summed E-state index contributed by atoms with van der Waals surface area (Å²) in [6, 6.07) is 13.3. The number of hydrogen-bond donors (Lipinski definition) is 2. The highest BCUT2D eigenvalue weighted by Gasteiger charge is 2.28. The first kappa shape index (κ1) is 23.7. The third kappa shape index (κ3) is 3.86. The predicted molar refractivity (Wildman–Crippen MR) is 146 cm³/mol. The van der Waals surface area contributed by atoms with Gasteiger partial charge in [-0.1, -0.05) is 6.07 Å². The van der Waals surface area contributed by atoms with E-state index in [2.05, 4.69) is 15.6 Å². The summed E-state index contributed by atoms with van der Waals surface area (Å²) in [6.07, 6.45) is 3.49. The Hall–Kier alpha value is -4.70. The number of fused-ring (bicyclic) bond motifs is 4. The van der Waals surface area contributed by atoms with Crippen LogP contribution in [0.25, 0.3) is 28.0 Å². The fourth-order valence-corrected chi connectivity index (χ4v) is 4.99. The molecular weight excluding hydrogens is 482 g/mol. The van der Waals surface area contributed by atoms with Gasteiger partial charge in [-0.3, -0.25) is 14.0 Å². The van der Waals surface area contributed by atoms with Crippen LogP contribution >= 0.6 is 0 Å². The summed E-state index contributed by atoms with van der Waals surface area (Å²) in [5, 5.41) is 6.32. The van der Waals surface area contributed by atoms with Gasteiger partial charge in [0, 0.05) is 38.7 Å². The molecule has 0 bridgehead atoms. The molecule has 2 N–H and O–H groups in total. The summed E-state index contributed by atoms with van der Waals surface area (Å²) in [7, 11) is 5.64. The first-order chi connectivity index (χ1) is 18.3. The summed E-state index contributed by atoms with van der Waals surface area (Å²) in [5.41, 5.74) is 7.92. The van der Waals surface area contributed by atoms with E-state index in [4.69, 9.17) is 9.40 Å². The van der Waals surface area contributed by atoms with Crippen molar-refractivity contribution in [3.8, 4) is 11.3 Å². The Balaban J connectivity index is 1.43. The van der Waals surface area contributed by atoms with Crippen molar-refractivity contribution in [2.45, 2.75) is 20.0 Å². The van der Waals surface area contributed by atoms with E-state index in [-0.39, 0.29) is 11.8 Å². The maximum absolute atomic E-state index is 13.0. The van der Waals surface area contributed by atoms with Crippen molar-refractivity contribution in [1.29, 1.82) is 0 Å². The van der Waals surface area contributed by atoms with Crippen LogP contribution in [0.15, 0.2) is 59.3 Å². The van der Waals surface area contributed by atoms with Gasteiger partial charge in [-0.25, -0.2) is 9.97 Å². The van der Waals surface area contributed by atoms with Gasteiger partial charge in [0.1, 0.15) is 11.5 Å². The maximum Gasteiger partial charge on any atom is 0.254 e. The second-order valence-electron chi connectivity index (χ2n) is 9.64. The van der Waals surface area contributed by atoms with Crippen LogP contribution < -0.4 is 15.5 Å². The van der Waals surface area contributed by atoms with Crippen LogP contribution in [0.5, 0.6) is 0 Å². The van der Waals surface area contributed by atoms with E-state index in [1.54, 1.807) is 18.2 Å². The van der Waals surface area contributed by atoms with Crippen molar-refractivity contribution in [2.24, 2.45) is 0 Å². The molecule has 0 aliphatic carbocycles. The van der Waals surface area contributed by atoms with Crippen molar-refractivity contribution in [3.05, 3.63) is 71.7 Å². The lowest BCUT2D eigenvalue weighted by Gasteiger charge is -2.21. The van der Waals surface area contributed by atoms with E-state index in [1.165, 1.54) is 6.92 Å². The van der Waals surface area contributed by atoms with Gasteiger partial charge < -0.3 is 24.9 Å². The summed E-state index contributed by atoms with van der Waals surface area (Å²) >= 11 is 0. The lowest BCUT2D eigenvalue weighted by atomic mass is 9.99. The third-order valence-electron chi connectivity index (χ3n) is 6.84. The zero-order chi connectivity index (χ0) is 26.6. The highest BCUT2D eigenvalue weighted by molar-refractivity contribution is 6.06. The number of pyridine rings is 2. The molecule has 0 radical (unpaired) electrons. The number of hydrogen-bond acceptors (Lipinski definition) is 7. The zero-order valence-electron chi connectivity index (χ0n) is 21.6. The van der Waals surface area contributed by atoms with Gasteiger partial charge in [-0.05, 0) is 50.0 Å². The number of imidazole rings is 1. The summed E-state index contributed by atoms with van der Waals surface area (Å²) in [5.74, 6) is 0.373. The van der Waals surface area contributed by atoms with Crippen molar-refractivity contribution < 1.29 is 14.0 Å². The molecule has 0 saturated carbocycles. The number of amides is 2. The highest BCUT2D eigenvalue weighted by Crippen LogP contribution is 2.36. The Morgan fingerprint density at radius 2 is 1.97 bits per heavy atom. The molecule has 0 fully saturated rings. The molecule has 1 aliphatic rings. The molecule has 0 spiro atoms. The van der Waals surface area contributed by atoms with Crippen LogP contribution in [0.3, 0.4) is 0 Å². The SMILES string of the molecule is CC(=O)N(C)c1ccc(Nc2ccc(-c3cnc4ccc5occc5n34)c3c2C(=O)NC3)nc1CN(C)C. The molecule has 192 valence electrons. The number of aromatic nitrogens is 3. The Labute approximate surface area is 218 Å². The van der Waals surface area contributed by atoms with Gasteiger partial charge in [0.15, 0.2) is 5.58 Å². The Kier molecular flexibility index (Phi) is 5.61. The van der Waals surface area contributed by atoms with Crippen molar-refractivity contribution in [2.75, 3.05) is 31.4 Å². The molecule has 10 nitrogen and oxygen atoms in total. The Bertz CT molecular complexity index is 1730. The van der Waals surface area contributed by atoms with E-state index < -0.39 is 0 Å². The summed E-state index contributed by atoms with van der Waals surface area (Å²) in [4.78, 5) is 38.0. The first-order valence-electron chi connectivity index (χ1n) is 12.3. The molecule has 0 atom stereocenters. The number of carbonyl (C=O) groups excluding carboxylic acids is 2. The van der Waals surface area contributed by atoms with Gasteiger partial charge in [0.25, 0.3) is 5.91 Å². The number of nitrogens with zero attached hydrogens (tertiary/aromatic N) is 5. The molecule has 5 heterocycles. The zero-order valence-corrected chi connectivity index (χ0v) is 21.6. The Morgan fingerprint density at radius 3 is 2.76 bits per heavy atom. The first-order valence-corrected chi connectivity index (χ1v) is 12.3. The second-order valence-corrected chi connectivity index (χ2v) is 9.64. The lowest BCUT2D eigenvalue weighted by molar-refractivity contribution is -0.116. The van der Waals surface area contributed by atoms with E-state index >= 15 is 0 Å². The van der Waals surface area contributed by atoms with Gasteiger partial charge in [0.2, 0.25) is 5.91 Å². The summed E-state index contributed by atoms with van der Waals surface area (Å²) in [6.45, 7) is 2.49. The molecule has 6 rings (SSSR count). The van der Waals surface area contributed by atoms with Crippen LogP contribution in [-0.4, -0.2) is 52.2 Å². The van der Waals surface area contributed by atoms with E-state index in [0.717, 1.165) is 44.9 Å². The molecule has 2 amide bonds. The van der Waals surface area contributed by atoms with Gasteiger partial charge in [-0.2, -0.15) is 0 Å². The van der Waals surface area contributed by atoms with Crippen LogP contribution in [0, 0.1) is 0 Å². The number of benzene rings is 1. The van der Waals surface area contributed by atoms with E-state index in [1.807, 2.05) is 72.1 Å². The fraction of sp³-hybridized carbons (Fsp3) is 0.214. The molecular formula is C28H27N7O3. The molecule has 4 aromatic heterocycles. The average Bonchev–Trinajstić information content (AvgIpc) is 3.62. The smallest absolute Gasteiger partial charge is 0.254 e. The molecule has 10 heteroatoms. The quantitative estimate of drug-likeness (QED) is 0.354. The predicted octanol–water partition coefficient (Wildman–Crippen LogP) is 4.17. The molecule has 0 unspecified atom stereocenters. The largest absolute Gasteiger partial charge is 0.463 e. The number of anilines is 3. The number of rotatable bonds is 6. The summed E-state index contributed by atoms with van der Waals surface area (Å²) < 4.78 is 7.64. The van der Waals surface area contributed by atoms with Crippen molar-refractivity contribution in [1.82, 2.24) is 24.6 Å². The number of furan rings is 1. The molecule has 1 aromatic carbocycles. The normalized spacial score (nSPS) is 12.8. The monoisotopic (exact) mass is 509 g/mol. The van der Waals surface area contributed by atoms with Crippen LogP contribution in [-0.2, 0) is 17.9 Å². The molecule has 5 aromatic rings. The minimum atomic E-state index is -0.145. The molecule has 1 aliphatic heterocycles. The standard InChI is InChI=1S/C28H27N7O3/c1-16(36)34(4)21-7-9-25(32-20(21)15-33(2)3)31-19-6-5-17(18-13-30-28(37)27(18)19)23-14-29-26-10-8-24-22(35(23)26)11-12-38-24/h5-12,14H,13,15H2,1-4H3,(H,30,37)(H,31,32). The molecule has 38 heavy (non-hydrogen) atoms. The lowest BCUT2D eigenvalue weighted by Crippen LogP contribution is -2.26. The molecule has 0 saturated heterocycles. The van der Waals surface area contributed by atoms with Crippen molar-refractivity contribution in [3.63, 3.8) is 0 Å². The topological polar surface area (TPSA) is 108 Å². The minimum absolute atomic E-state index is 0.0716. The minimum Gasteiger partial charge on any atom is -0.463 e. The van der Waals surface area contributed by atoms with Crippen LogP contribution in [0.2, 0.25) is 0 Å². The van der Waals surface area contributed by atoms with Crippen LogP contribution in [0.4, 0.5) is 17.2 Å². The van der Waals surface area contributed by atoms with E-state index in [0.29, 0.717) is 30.2 Å².